The Bertz CT molecular complexity index is 644. The van der Waals surface area contributed by atoms with Crippen molar-refractivity contribution in [2.45, 2.75) is 26.3 Å². The molecule has 22 heavy (non-hydrogen) atoms. The number of benzene rings is 1. The number of carbonyl (C=O) groups excluding carboxylic acids is 2. The second-order valence-electron chi connectivity index (χ2n) is 4.75. The van der Waals surface area contributed by atoms with E-state index in [1.807, 2.05) is 31.2 Å². The van der Waals surface area contributed by atoms with Crippen molar-refractivity contribution in [2.75, 3.05) is 5.32 Å². The number of nitrogens with zero attached hydrogens (tertiary/aromatic N) is 2. The Morgan fingerprint density at radius 2 is 1.91 bits per heavy atom. The summed E-state index contributed by atoms with van der Waals surface area (Å²) in [6.07, 6.45) is 4.34. The zero-order valence-corrected chi connectivity index (χ0v) is 12.4. The van der Waals surface area contributed by atoms with E-state index in [1.54, 1.807) is 6.07 Å². The van der Waals surface area contributed by atoms with Crippen LogP contribution in [0.5, 0.6) is 0 Å². The van der Waals surface area contributed by atoms with E-state index in [4.69, 9.17) is 0 Å². The fourth-order valence-electron chi connectivity index (χ4n) is 1.89. The molecule has 0 aliphatic carbocycles. The molecular weight excluding hydrogens is 280 g/mol. The number of nitrogens with one attached hydrogen (secondary N) is 2. The quantitative estimate of drug-likeness (QED) is 0.856. The van der Waals surface area contributed by atoms with Crippen LogP contribution in [-0.2, 0) is 11.3 Å². The van der Waals surface area contributed by atoms with Crippen LogP contribution in [0.1, 0.15) is 35.9 Å². The maximum atomic E-state index is 11.9. The highest BCUT2D eigenvalue weighted by Gasteiger charge is 2.07. The Kier molecular flexibility index (Phi) is 5.59. The van der Waals surface area contributed by atoms with Gasteiger partial charge in [0.2, 0.25) is 11.7 Å². The standard InChI is InChI=1S/C16H18N4O2/c1-2-5-14(21)20-13-7-3-6-12(10-13)11-19-16(22)15-17-8-4-9-18-15/h3-4,6-10H,2,5,11H2,1H3,(H,19,22)(H,20,21). The molecule has 2 amide bonds. The molecule has 0 spiro atoms. The molecule has 0 atom stereocenters. The van der Waals surface area contributed by atoms with Gasteiger partial charge in [-0.1, -0.05) is 19.1 Å². The fraction of sp³-hybridized carbons (Fsp3) is 0.250. The first-order chi connectivity index (χ1) is 10.7. The van der Waals surface area contributed by atoms with Crippen molar-refractivity contribution >= 4 is 17.5 Å². The van der Waals surface area contributed by atoms with Crippen molar-refractivity contribution in [3.63, 3.8) is 0 Å². The molecule has 2 aromatic rings. The molecule has 0 bridgehead atoms. The molecule has 1 aromatic carbocycles. The number of hydrogen-bond donors (Lipinski definition) is 2. The van der Waals surface area contributed by atoms with Gasteiger partial charge in [-0.3, -0.25) is 9.59 Å². The van der Waals surface area contributed by atoms with Gasteiger partial charge in [-0.15, -0.1) is 0 Å². The summed E-state index contributed by atoms with van der Waals surface area (Å²) in [5.41, 5.74) is 1.61. The lowest BCUT2D eigenvalue weighted by molar-refractivity contribution is -0.116. The van der Waals surface area contributed by atoms with Gasteiger partial charge in [0.15, 0.2) is 0 Å². The van der Waals surface area contributed by atoms with E-state index in [9.17, 15) is 9.59 Å². The molecule has 114 valence electrons. The third-order valence-electron chi connectivity index (χ3n) is 2.91. The zero-order chi connectivity index (χ0) is 15.8. The smallest absolute Gasteiger partial charge is 0.289 e. The second kappa shape index (κ2) is 7.87. The van der Waals surface area contributed by atoms with Gasteiger partial charge in [-0.25, -0.2) is 9.97 Å². The molecular formula is C16H18N4O2. The van der Waals surface area contributed by atoms with Crippen molar-refractivity contribution in [2.24, 2.45) is 0 Å². The highest BCUT2D eigenvalue weighted by molar-refractivity contribution is 5.91. The van der Waals surface area contributed by atoms with E-state index in [0.29, 0.717) is 13.0 Å². The molecule has 1 aromatic heterocycles. The Hall–Kier alpha value is -2.76. The van der Waals surface area contributed by atoms with Crippen LogP contribution in [0.2, 0.25) is 0 Å². The Labute approximate surface area is 129 Å². The summed E-state index contributed by atoms with van der Waals surface area (Å²) in [5.74, 6) is -0.211. The van der Waals surface area contributed by atoms with Crippen LogP contribution in [0.15, 0.2) is 42.7 Å². The molecule has 0 fully saturated rings. The number of amides is 2. The summed E-state index contributed by atoms with van der Waals surface area (Å²) in [5, 5.41) is 5.57. The average molecular weight is 298 g/mol. The van der Waals surface area contributed by atoms with Crippen LogP contribution in [0.3, 0.4) is 0 Å². The van der Waals surface area contributed by atoms with Crippen molar-refractivity contribution in [1.82, 2.24) is 15.3 Å². The van der Waals surface area contributed by atoms with E-state index in [2.05, 4.69) is 20.6 Å². The largest absolute Gasteiger partial charge is 0.345 e. The van der Waals surface area contributed by atoms with Crippen molar-refractivity contribution < 1.29 is 9.59 Å². The number of carbonyl (C=O) groups is 2. The maximum Gasteiger partial charge on any atom is 0.289 e. The van der Waals surface area contributed by atoms with Crippen LogP contribution in [-0.4, -0.2) is 21.8 Å². The van der Waals surface area contributed by atoms with Crippen LogP contribution < -0.4 is 10.6 Å². The van der Waals surface area contributed by atoms with Crippen LogP contribution in [0.25, 0.3) is 0 Å². The van der Waals surface area contributed by atoms with Gasteiger partial charge in [-0.2, -0.15) is 0 Å². The number of anilines is 1. The van der Waals surface area contributed by atoms with Crippen molar-refractivity contribution in [1.29, 1.82) is 0 Å². The molecule has 0 aliphatic rings. The minimum atomic E-state index is -0.332. The molecule has 6 heteroatoms. The second-order valence-corrected chi connectivity index (χ2v) is 4.75. The van der Waals surface area contributed by atoms with Crippen LogP contribution in [0, 0.1) is 0 Å². The third-order valence-corrected chi connectivity index (χ3v) is 2.91. The summed E-state index contributed by atoms with van der Waals surface area (Å²) in [6, 6.07) is 9.02. The topological polar surface area (TPSA) is 84.0 Å². The van der Waals surface area contributed by atoms with Gasteiger partial charge in [0.1, 0.15) is 0 Å². The summed E-state index contributed by atoms with van der Waals surface area (Å²) < 4.78 is 0. The predicted molar refractivity (Wildman–Crippen MR) is 83.2 cm³/mol. The number of rotatable bonds is 6. The number of hydrogen-bond acceptors (Lipinski definition) is 4. The van der Waals surface area contributed by atoms with Gasteiger partial charge in [0.25, 0.3) is 5.91 Å². The summed E-state index contributed by atoms with van der Waals surface area (Å²) >= 11 is 0. The Balaban J connectivity index is 1.93. The van der Waals surface area contributed by atoms with Crippen LogP contribution in [0.4, 0.5) is 5.69 Å². The van der Waals surface area contributed by atoms with Crippen molar-refractivity contribution in [3.05, 3.63) is 54.1 Å². The molecule has 0 unspecified atom stereocenters. The van der Waals surface area contributed by atoms with Crippen LogP contribution >= 0.6 is 0 Å². The first kappa shape index (κ1) is 15.6. The summed E-state index contributed by atoms with van der Waals surface area (Å²) in [7, 11) is 0. The normalized spacial score (nSPS) is 10.0. The molecule has 6 nitrogen and oxygen atoms in total. The monoisotopic (exact) mass is 298 g/mol. The maximum absolute atomic E-state index is 11.9. The first-order valence-corrected chi connectivity index (χ1v) is 7.13. The van der Waals surface area contributed by atoms with E-state index in [1.165, 1.54) is 12.4 Å². The molecule has 0 aliphatic heterocycles. The lowest BCUT2D eigenvalue weighted by atomic mass is 10.2. The molecule has 0 saturated carbocycles. The molecule has 1 heterocycles. The summed E-state index contributed by atoms with van der Waals surface area (Å²) in [4.78, 5) is 31.2. The highest BCUT2D eigenvalue weighted by Crippen LogP contribution is 2.11. The third kappa shape index (κ3) is 4.66. The van der Waals surface area contributed by atoms with E-state index in [-0.39, 0.29) is 17.6 Å². The molecule has 0 saturated heterocycles. The Morgan fingerprint density at radius 1 is 1.14 bits per heavy atom. The van der Waals surface area contributed by atoms with Gasteiger partial charge in [0.05, 0.1) is 0 Å². The Morgan fingerprint density at radius 3 is 2.64 bits per heavy atom. The summed E-state index contributed by atoms with van der Waals surface area (Å²) in [6.45, 7) is 2.30. The van der Waals surface area contributed by atoms with E-state index < -0.39 is 0 Å². The molecule has 2 N–H and O–H groups in total. The van der Waals surface area contributed by atoms with Gasteiger partial charge in [-0.05, 0) is 30.2 Å². The fourth-order valence-corrected chi connectivity index (χ4v) is 1.89. The average Bonchev–Trinajstić information content (AvgIpc) is 2.54. The minimum absolute atomic E-state index is 0.0126. The first-order valence-electron chi connectivity index (χ1n) is 7.13. The van der Waals surface area contributed by atoms with E-state index >= 15 is 0 Å². The molecule has 2 rings (SSSR count). The van der Waals surface area contributed by atoms with Gasteiger partial charge in [0, 0.05) is 31.0 Å². The number of aromatic nitrogens is 2. The SMILES string of the molecule is CCCC(=O)Nc1cccc(CNC(=O)c2ncccn2)c1. The highest BCUT2D eigenvalue weighted by atomic mass is 16.2. The predicted octanol–water partition coefficient (Wildman–Crippen LogP) is 2.15. The van der Waals surface area contributed by atoms with E-state index in [0.717, 1.165) is 17.7 Å². The zero-order valence-electron chi connectivity index (χ0n) is 12.4. The van der Waals surface area contributed by atoms with Crippen molar-refractivity contribution in [3.8, 4) is 0 Å². The van der Waals surface area contributed by atoms with Gasteiger partial charge >= 0.3 is 0 Å². The minimum Gasteiger partial charge on any atom is -0.345 e. The van der Waals surface area contributed by atoms with Gasteiger partial charge < -0.3 is 10.6 Å². The lowest BCUT2D eigenvalue weighted by Gasteiger charge is -2.08. The lowest BCUT2D eigenvalue weighted by Crippen LogP contribution is -2.24. The molecule has 0 radical (unpaired) electrons.